The molecule has 0 unspecified atom stereocenters. The van der Waals surface area contributed by atoms with E-state index in [1.165, 1.54) is 32.3 Å². The Bertz CT molecular complexity index is 3930. The Morgan fingerprint density at radius 1 is 0.312 bits per heavy atom. The second kappa shape index (κ2) is 13.4. The summed E-state index contributed by atoms with van der Waals surface area (Å²) in [6, 6.07) is 75.3. The molecule has 6 heteroatoms. The summed E-state index contributed by atoms with van der Waals surface area (Å²) in [6.07, 6.45) is 0. The standard InChI is InChI=1S/C58H35N5O/c1-8-26-45-36(17-1)37-18-2-9-27-46(37)61(45)51-32-15-24-43(42-25-16-34-53-56(42)44-23-7-14-33-52(44)64-53)57(51)58-59-54(62-47-28-10-3-19-38(47)39-20-4-11-29-48(39)62)35-55(60-58)63-49-30-12-5-21-40(49)41-22-6-13-31-50(41)63/h1-35H. The Balaban J connectivity index is 1.18. The highest BCUT2D eigenvalue weighted by molar-refractivity contribution is 6.15. The van der Waals surface area contributed by atoms with Gasteiger partial charge in [-0.25, -0.2) is 9.97 Å². The molecule has 9 aromatic carbocycles. The van der Waals surface area contributed by atoms with Crippen LogP contribution >= 0.6 is 0 Å². The van der Waals surface area contributed by atoms with Crippen LogP contribution < -0.4 is 0 Å². The molecule has 0 N–H and O–H groups in total. The monoisotopic (exact) mass is 817 g/mol. The lowest BCUT2D eigenvalue weighted by molar-refractivity contribution is 0.669. The van der Waals surface area contributed by atoms with Gasteiger partial charge in [0.1, 0.15) is 22.8 Å². The first-order valence-electron chi connectivity index (χ1n) is 21.7. The Kier molecular flexibility index (Phi) is 7.30. The third-order valence-corrected chi connectivity index (χ3v) is 13.1. The van der Waals surface area contributed by atoms with Crippen LogP contribution in [0, 0.1) is 0 Å². The van der Waals surface area contributed by atoms with E-state index in [-0.39, 0.29) is 0 Å². The molecule has 0 fully saturated rings. The van der Waals surface area contributed by atoms with Gasteiger partial charge in [0.15, 0.2) is 5.82 Å². The largest absolute Gasteiger partial charge is 0.456 e. The van der Waals surface area contributed by atoms with E-state index >= 15 is 0 Å². The molecule has 0 saturated heterocycles. The van der Waals surface area contributed by atoms with Crippen LogP contribution in [0.15, 0.2) is 217 Å². The second-order valence-electron chi connectivity index (χ2n) is 16.5. The van der Waals surface area contributed by atoms with Crippen molar-refractivity contribution in [2.45, 2.75) is 0 Å². The molecule has 0 atom stereocenters. The first-order valence-corrected chi connectivity index (χ1v) is 21.7. The van der Waals surface area contributed by atoms with Gasteiger partial charge in [0.2, 0.25) is 0 Å². The second-order valence-corrected chi connectivity index (χ2v) is 16.5. The highest BCUT2D eigenvalue weighted by Crippen LogP contribution is 2.45. The minimum absolute atomic E-state index is 0.605. The van der Waals surface area contributed by atoms with E-state index in [0.717, 1.165) is 89.1 Å². The first-order chi connectivity index (χ1) is 31.8. The average molecular weight is 818 g/mol. The summed E-state index contributed by atoms with van der Waals surface area (Å²) >= 11 is 0. The van der Waals surface area contributed by atoms with Crippen LogP contribution in [-0.4, -0.2) is 23.7 Å². The molecule has 0 aliphatic rings. The van der Waals surface area contributed by atoms with E-state index in [0.29, 0.717) is 5.82 Å². The first kappa shape index (κ1) is 34.9. The molecule has 6 nitrogen and oxygen atoms in total. The van der Waals surface area contributed by atoms with Crippen molar-refractivity contribution >= 4 is 87.4 Å². The number of rotatable bonds is 5. The number of fused-ring (bicyclic) bond motifs is 12. The third kappa shape index (κ3) is 4.90. The zero-order valence-corrected chi connectivity index (χ0v) is 34.4. The molecule has 0 aliphatic carbocycles. The van der Waals surface area contributed by atoms with Crippen LogP contribution in [0.5, 0.6) is 0 Å². The predicted octanol–water partition coefficient (Wildman–Crippen LogP) is 15.0. The Labute approximate surface area is 366 Å². The van der Waals surface area contributed by atoms with E-state index in [9.17, 15) is 0 Å². The average Bonchev–Trinajstić information content (AvgIpc) is 4.10. The fraction of sp³-hybridized carbons (Fsp3) is 0. The van der Waals surface area contributed by atoms with Gasteiger partial charge in [0.25, 0.3) is 0 Å². The molecule has 0 radical (unpaired) electrons. The van der Waals surface area contributed by atoms with Gasteiger partial charge >= 0.3 is 0 Å². The number of aromatic nitrogens is 5. The molecular weight excluding hydrogens is 783 g/mol. The van der Waals surface area contributed by atoms with Gasteiger partial charge in [-0.2, -0.15) is 0 Å². The fourth-order valence-electron chi connectivity index (χ4n) is 10.5. The Hall–Kier alpha value is -8.74. The van der Waals surface area contributed by atoms with Crippen LogP contribution in [0.25, 0.3) is 127 Å². The van der Waals surface area contributed by atoms with Crippen LogP contribution in [0.4, 0.5) is 0 Å². The maximum atomic E-state index is 6.53. The van der Waals surface area contributed by atoms with Crippen LogP contribution in [-0.2, 0) is 0 Å². The fourth-order valence-corrected chi connectivity index (χ4v) is 10.5. The number of hydrogen-bond acceptors (Lipinski definition) is 3. The van der Waals surface area contributed by atoms with Crippen molar-refractivity contribution < 1.29 is 4.42 Å². The van der Waals surface area contributed by atoms with Gasteiger partial charge in [0, 0.05) is 49.2 Å². The summed E-state index contributed by atoms with van der Waals surface area (Å²) in [5.41, 5.74) is 12.1. The van der Waals surface area contributed by atoms with Crippen LogP contribution in [0.2, 0.25) is 0 Å². The van der Waals surface area contributed by atoms with E-state index in [1.54, 1.807) is 0 Å². The number of para-hydroxylation sites is 7. The Morgan fingerprint density at radius 3 is 1.17 bits per heavy atom. The lowest BCUT2D eigenvalue weighted by Crippen LogP contribution is -2.08. The molecule has 0 aliphatic heterocycles. The quantitative estimate of drug-likeness (QED) is 0.174. The molecule has 298 valence electrons. The zero-order valence-electron chi connectivity index (χ0n) is 34.4. The predicted molar refractivity (Wildman–Crippen MR) is 263 cm³/mol. The van der Waals surface area contributed by atoms with E-state index in [1.807, 2.05) is 12.1 Å². The van der Waals surface area contributed by atoms with Crippen LogP contribution in [0.1, 0.15) is 0 Å². The number of nitrogens with zero attached hydrogens (tertiary/aromatic N) is 5. The summed E-state index contributed by atoms with van der Waals surface area (Å²) in [5, 5.41) is 9.16. The molecule has 0 spiro atoms. The highest BCUT2D eigenvalue weighted by Gasteiger charge is 2.26. The smallest absolute Gasteiger partial charge is 0.166 e. The molecular formula is C58H35N5O. The SMILES string of the molecule is c1cc(-c2cccc3oc4ccccc4c23)c(-c2nc(-n3c4ccccc4c4ccccc43)cc(-n3c4ccccc4c4ccccc43)n2)c(-n2c3ccccc3c3ccccc32)c1. The molecule has 14 aromatic rings. The normalized spacial score (nSPS) is 12.1. The van der Waals surface area contributed by atoms with Gasteiger partial charge in [-0.3, -0.25) is 9.13 Å². The summed E-state index contributed by atoms with van der Waals surface area (Å²) in [4.78, 5) is 11.5. The molecule has 14 rings (SSSR count). The van der Waals surface area contributed by atoms with E-state index in [2.05, 4.69) is 214 Å². The number of furan rings is 1. The minimum atomic E-state index is 0.605. The van der Waals surface area contributed by atoms with Gasteiger partial charge in [-0.15, -0.1) is 0 Å². The lowest BCUT2D eigenvalue weighted by atomic mass is 9.93. The number of benzene rings is 9. The van der Waals surface area contributed by atoms with Crippen molar-refractivity contribution in [2.75, 3.05) is 0 Å². The molecule has 5 heterocycles. The van der Waals surface area contributed by atoms with Crippen molar-refractivity contribution in [1.82, 2.24) is 23.7 Å². The van der Waals surface area contributed by atoms with Gasteiger partial charge < -0.3 is 8.98 Å². The van der Waals surface area contributed by atoms with E-state index < -0.39 is 0 Å². The van der Waals surface area contributed by atoms with Gasteiger partial charge in [0.05, 0.1) is 44.4 Å². The highest BCUT2D eigenvalue weighted by atomic mass is 16.3. The summed E-state index contributed by atoms with van der Waals surface area (Å²) in [5.74, 6) is 2.15. The summed E-state index contributed by atoms with van der Waals surface area (Å²) < 4.78 is 13.5. The maximum Gasteiger partial charge on any atom is 0.166 e. The molecule has 64 heavy (non-hydrogen) atoms. The molecule has 0 amide bonds. The van der Waals surface area contributed by atoms with Gasteiger partial charge in [-0.05, 0) is 65.7 Å². The summed E-state index contributed by atoms with van der Waals surface area (Å²) in [7, 11) is 0. The maximum absolute atomic E-state index is 6.53. The van der Waals surface area contributed by atoms with E-state index in [4.69, 9.17) is 14.4 Å². The van der Waals surface area contributed by atoms with Gasteiger partial charge in [-0.1, -0.05) is 152 Å². The third-order valence-electron chi connectivity index (χ3n) is 13.1. The lowest BCUT2D eigenvalue weighted by Gasteiger charge is -2.20. The Morgan fingerprint density at radius 2 is 0.688 bits per heavy atom. The van der Waals surface area contributed by atoms with Crippen molar-refractivity contribution in [3.05, 3.63) is 212 Å². The number of hydrogen-bond donors (Lipinski definition) is 0. The summed E-state index contributed by atoms with van der Waals surface area (Å²) in [6.45, 7) is 0. The molecule has 5 aromatic heterocycles. The van der Waals surface area contributed by atoms with Crippen molar-refractivity contribution in [1.29, 1.82) is 0 Å². The topological polar surface area (TPSA) is 53.7 Å². The molecule has 0 bridgehead atoms. The minimum Gasteiger partial charge on any atom is -0.456 e. The van der Waals surface area contributed by atoms with Crippen molar-refractivity contribution in [2.24, 2.45) is 0 Å². The zero-order chi connectivity index (χ0) is 41.9. The van der Waals surface area contributed by atoms with Crippen LogP contribution in [0.3, 0.4) is 0 Å². The van der Waals surface area contributed by atoms with Crippen molar-refractivity contribution in [3.8, 4) is 39.8 Å². The van der Waals surface area contributed by atoms with Crippen molar-refractivity contribution in [3.63, 3.8) is 0 Å². The molecule has 0 saturated carbocycles.